The van der Waals surface area contributed by atoms with Crippen molar-refractivity contribution >= 4 is 29.0 Å². The lowest BCUT2D eigenvalue weighted by Gasteiger charge is -2.28. The minimum absolute atomic E-state index is 0.0721. The molecule has 7 heteroatoms. The van der Waals surface area contributed by atoms with E-state index in [0.29, 0.717) is 17.1 Å². The van der Waals surface area contributed by atoms with Crippen LogP contribution in [0.4, 0.5) is 11.5 Å². The lowest BCUT2D eigenvalue weighted by Crippen LogP contribution is -2.43. The van der Waals surface area contributed by atoms with Crippen LogP contribution in [0, 0.1) is 5.92 Å². The van der Waals surface area contributed by atoms with Crippen LogP contribution in [-0.4, -0.2) is 48.7 Å². The summed E-state index contributed by atoms with van der Waals surface area (Å²) in [6.45, 7) is 6.42. The van der Waals surface area contributed by atoms with Crippen molar-refractivity contribution < 1.29 is 9.90 Å². The van der Waals surface area contributed by atoms with Crippen LogP contribution >= 0.6 is 11.6 Å². The minimum Gasteiger partial charge on any atom is -0.507 e. The highest BCUT2D eigenvalue weighted by Crippen LogP contribution is 2.41. The Hall–Kier alpha value is -3.09. The zero-order chi connectivity index (χ0) is 23.7. The van der Waals surface area contributed by atoms with Crippen LogP contribution < -0.4 is 15.1 Å². The molecular weight excluding hydrogens is 448 g/mol. The zero-order valence-corrected chi connectivity index (χ0v) is 20.1. The van der Waals surface area contributed by atoms with Gasteiger partial charge in [-0.1, -0.05) is 42.8 Å². The number of phenols is 1. The van der Waals surface area contributed by atoms with Gasteiger partial charge in [0.1, 0.15) is 11.6 Å². The maximum Gasteiger partial charge on any atom is 0.230 e. The fraction of sp³-hybridized carbons (Fsp3) is 0.333. The largest absolute Gasteiger partial charge is 0.507 e. The number of pyridine rings is 1. The number of para-hydroxylation sites is 1. The maximum absolute atomic E-state index is 12.7. The van der Waals surface area contributed by atoms with E-state index in [1.165, 1.54) is 0 Å². The first kappa shape index (κ1) is 22.7. The van der Waals surface area contributed by atoms with Gasteiger partial charge in [-0.2, -0.15) is 0 Å². The second kappa shape index (κ2) is 9.65. The molecule has 0 bridgehead atoms. The molecule has 2 fully saturated rings. The molecule has 5 rings (SSSR count). The molecule has 2 aliphatic rings. The van der Waals surface area contributed by atoms with E-state index >= 15 is 0 Å². The van der Waals surface area contributed by atoms with E-state index in [0.717, 1.165) is 67.2 Å². The fourth-order valence-corrected chi connectivity index (χ4v) is 5.20. The van der Waals surface area contributed by atoms with Gasteiger partial charge in [-0.15, -0.1) is 0 Å². The highest BCUT2D eigenvalue weighted by Gasteiger charge is 2.32. The minimum atomic E-state index is 0.0721. The Morgan fingerprint density at radius 3 is 2.47 bits per heavy atom. The molecule has 2 aromatic carbocycles. The van der Waals surface area contributed by atoms with Crippen LogP contribution in [0.5, 0.6) is 5.75 Å². The first-order valence-electron chi connectivity index (χ1n) is 11.9. The Morgan fingerprint density at radius 2 is 1.79 bits per heavy atom. The summed E-state index contributed by atoms with van der Waals surface area (Å²) in [5.41, 5.74) is 3.90. The molecule has 2 N–H and O–H groups in total. The summed E-state index contributed by atoms with van der Waals surface area (Å²) in [6, 6.07) is 15.3. The van der Waals surface area contributed by atoms with Gasteiger partial charge in [0.05, 0.1) is 10.7 Å². The number of anilines is 2. The molecule has 0 radical (unpaired) electrons. The molecule has 176 valence electrons. The van der Waals surface area contributed by atoms with E-state index in [4.69, 9.17) is 11.6 Å². The van der Waals surface area contributed by atoms with Crippen molar-refractivity contribution in [1.29, 1.82) is 0 Å². The van der Waals surface area contributed by atoms with Crippen molar-refractivity contribution in [3.8, 4) is 28.0 Å². The molecule has 1 unspecified atom stereocenters. The number of hydrogen-bond acceptors (Lipinski definition) is 5. The Morgan fingerprint density at radius 1 is 1.06 bits per heavy atom. The van der Waals surface area contributed by atoms with Gasteiger partial charge in [0.15, 0.2) is 0 Å². The summed E-state index contributed by atoms with van der Waals surface area (Å²) < 4.78 is 0. The highest BCUT2D eigenvalue weighted by atomic mass is 35.5. The number of rotatable bonds is 5. The molecule has 6 nitrogen and oxygen atoms in total. The summed E-state index contributed by atoms with van der Waals surface area (Å²) >= 11 is 6.64. The number of piperazine rings is 1. The third kappa shape index (κ3) is 4.24. The normalized spacial score (nSPS) is 18.5. The summed E-state index contributed by atoms with van der Waals surface area (Å²) in [7, 11) is 0. The third-order valence-electron chi connectivity index (χ3n) is 6.89. The molecular formula is C27H29ClN4O2. The number of carbonyl (C=O) groups is 1. The number of nitrogens with one attached hydrogen (secondary N) is 1. The number of carbonyl (C=O) groups excluding carboxylic acids is 1. The predicted molar refractivity (Wildman–Crippen MR) is 138 cm³/mol. The summed E-state index contributed by atoms with van der Waals surface area (Å²) in [5.74, 6) is 1.33. The molecule has 0 aliphatic carbocycles. The number of aromatic nitrogens is 1. The topological polar surface area (TPSA) is 68.7 Å². The van der Waals surface area contributed by atoms with Gasteiger partial charge in [-0.3, -0.25) is 4.79 Å². The zero-order valence-electron chi connectivity index (χ0n) is 19.3. The van der Waals surface area contributed by atoms with Crippen LogP contribution in [0.15, 0.2) is 54.7 Å². The van der Waals surface area contributed by atoms with Crippen LogP contribution in [0.1, 0.15) is 19.8 Å². The molecule has 1 amide bonds. The summed E-state index contributed by atoms with van der Waals surface area (Å²) in [4.78, 5) is 21.2. The fourth-order valence-electron chi connectivity index (χ4n) is 4.91. The van der Waals surface area contributed by atoms with Crippen molar-refractivity contribution in [1.82, 2.24) is 10.3 Å². The number of halogens is 1. The van der Waals surface area contributed by atoms with E-state index in [2.05, 4.69) is 15.2 Å². The van der Waals surface area contributed by atoms with Crippen molar-refractivity contribution in [2.24, 2.45) is 5.92 Å². The van der Waals surface area contributed by atoms with E-state index in [-0.39, 0.29) is 17.6 Å². The van der Waals surface area contributed by atoms with Gasteiger partial charge >= 0.3 is 0 Å². The second-order valence-corrected chi connectivity index (χ2v) is 9.30. The molecule has 1 aromatic heterocycles. The van der Waals surface area contributed by atoms with Gasteiger partial charge in [0.2, 0.25) is 5.91 Å². The lowest BCUT2D eigenvalue weighted by molar-refractivity contribution is -0.120. The van der Waals surface area contributed by atoms with Gasteiger partial charge in [0, 0.05) is 56.0 Å². The molecule has 1 atom stereocenters. The maximum atomic E-state index is 12.7. The Labute approximate surface area is 205 Å². The summed E-state index contributed by atoms with van der Waals surface area (Å²) in [5, 5.41) is 15.1. The van der Waals surface area contributed by atoms with Crippen LogP contribution in [0.2, 0.25) is 5.02 Å². The van der Waals surface area contributed by atoms with E-state index in [1.807, 2.05) is 55.5 Å². The molecule has 34 heavy (non-hydrogen) atoms. The van der Waals surface area contributed by atoms with Gasteiger partial charge in [-0.25, -0.2) is 4.98 Å². The van der Waals surface area contributed by atoms with Crippen LogP contribution in [0.3, 0.4) is 0 Å². The highest BCUT2D eigenvalue weighted by molar-refractivity contribution is 6.34. The van der Waals surface area contributed by atoms with Crippen molar-refractivity contribution in [2.45, 2.75) is 19.8 Å². The number of amides is 1. The molecule has 3 heterocycles. The first-order valence-corrected chi connectivity index (χ1v) is 12.3. The molecule has 2 aliphatic heterocycles. The number of hydrogen-bond donors (Lipinski definition) is 2. The first-order chi connectivity index (χ1) is 16.6. The molecule has 2 saturated heterocycles. The van der Waals surface area contributed by atoms with Gasteiger partial charge < -0.3 is 20.2 Å². The Kier molecular flexibility index (Phi) is 6.44. The average molecular weight is 477 g/mol. The Bertz CT molecular complexity index is 1210. The molecule has 0 spiro atoms. The smallest absolute Gasteiger partial charge is 0.230 e. The average Bonchev–Trinajstić information content (AvgIpc) is 3.24. The van der Waals surface area contributed by atoms with E-state index < -0.39 is 0 Å². The second-order valence-electron chi connectivity index (χ2n) is 8.89. The van der Waals surface area contributed by atoms with Gasteiger partial charge in [-0.05, 0) is 48.2 Å². The monoisotopic (exact) mass is 476 g/mol. The molecule has 0 saturated carbocycles. The quantitative estimate of drug-likeness (QED) is 0.545. The number of aromatic hydroxyl groups is 1. The lowest BCUT2D eigenvalue weighted by atomic mass is 9.97. The van der Waals surface area contributed by atoms with Crippen molar-refractivity contribution in [3.05, 3.63) is 59.8 Å². The Balaban J connectivity index is 1.45. The number of benzene rings is 2. The number of phenolic OH excluding ortho intramolecular Hbond substituents is 1. The van der Waals surface area contributed by atoms with E-state index in [9.17, 15) is 9.90 Å². The predicted octanol–water partition coefficient (Wildman–Crippen LogP) is 4.95. The number of nitrogens with zero attached hydrogens (tertiary/aromatic N) is 3. The van der Waals surface area contributed by atoms with Crippen molar-refractivity contribution in [3.63, 3.8) is 0 Å². The third-order valence-corrected chi connectivity index (χ3v) is 7.19. The van der Waals surface area contributed by atoms with Crippen LogP contribution in [-0.2, 0) is 4.79 Å². The van der Waals surface area contributed by atoms with Crippen LogP contribution in [0.25, 0.3) is 22.3 Å². The summed E-state index contributed by atoms with van der Waals surface area (Å²) in [6.07, 6.45) is 3.50. The SMILES string of the molecule is CCC1CCN(c2ccc(-c3cccc(-c4ccnc(N5CCNCC5)c4)c3O)cc2Cl)C1=O. The standard InChI is InChI=1S/C27H29ClN4O2/c1-2-18-9-13-32(27(18)34)24-7-6-19(16-23(24)28)21-4-3-5-22(26(21)33)20-8-10-30-25(17-20)31-14-11-29-12-15-31/h3-8,10,16-18,29,33H,2,9,11-15H2,1H3. The van der Waals surface area contributed by atoms with Crippen molar-refractivity contribution in [2.75, 3.05) is 42.5 Å². The van der Waals surface area contributed by atoms with E-state index in [1.54, 1.807) is 11.1 Å². The van der Waals surface area contributed by atoms with Gasteiger partial charge in [0.25, 0.3) is 0 Å². The molecule has 3 aromatic rings.